The van der Waals surface area contributed by atoms with Crippen molar-refractivity contribution in [1.29, 1.82) is 0 Å². The zero-order valence-corrected chi connectivity index (χ0v) is 11.3. The molecule has 1 heterocycles. The van der Waals surface area contributed by atoms with Crippen LogP contribution < -0.4 is 15.4 Å². The Morgan fingerprint density at radius 2 is 1.95 bits per heavy atom. The molecule has 0 saturated heterocycles. The second-order valence-electron chi connectivity index (χ2n) is 4.26. The van der Waals surface area contributed by atoms with Gasteiger partial charge in [-0.3, -0.25) is 0 Å². The van der Waals surface area contributed by atoms with Gasteiger partial charge in [0.25, 0.3) is 0 Å². The van der Waals surface area contributed by atoms with Crippen molar-refractivity contribution in [3.8, 4) is 6.01 Å². The number of aromatic nitrogens is 3. The van der Waals surface area contributed by atoms with Crippen LogP contribution >= 0.6 is 0 Å². The highest BCUT2D eigenvalue weighted by Gasteiger charge is 2.10. The smallest absolute Gasteiger partial charge is 0.322 e. The van der Waals surface area contributed by atoms with E-state index in [-0.39, 0.29) is 12.0 Å². The molecule has 0 aliphatic rings. The summed E-state index contributed by atoms with van der Waals surface area (Å²) in [5.41, 5.74) is 8.06. The molecule has 0 atom stereocenters. The topological polar surface area (TPSA) is 77.2 Å². The van der Waals surface area contributed by atoms with Gasteiger partial charge in [0.2, 0.25) is 11.9 Å². The average molecular weight is 259 g/mol. The van der Waals surface area contributed by atoms with Crippen molar-refractivity contribution < 1.29 is 4.74 Å². The fraction of sp³-hybridized carbons (Fsp3) is 0.308. The number of hydrogen-bond donors (Lipinski definition) is 1. The third-order valence-corrected chi connectivity index (χ3v) is 2.81. The number of rotatable bonds is 4. The molecular formula is C13H17N5O. The summed E-state index contributed by atoms with van der Waals surface area (Å²) >= 11 is 0. The van der Waals surface area contributed by atoms with E-state index in [1.54, 1.807) is 0 Å². The number of nitrogen functional groups attached to an aromatic ring is 1. The van der Waals surface area contributed by atoms with E-state index in [1.807, 2.05) is 24.1 Å². The van der Waals surface area contributed by atoms with Crippen molar-refractivity contribution in [2.75, 3.05) is 24.8 Å². The van der Waals surface area contributed by atoms with Crippen molar-refractivity contribution in [3.05, 3.63) is 35.4 Å². The van der Waals surface area contributed by atoms with Gasteiger partial charge in [-0.15, -0.1) is 0 Å². The summed E-state index contributed by atoms with van der Waals surface area (Å²) in [5, 5.41) is 0. The quantitative estimate of drug-likeness (QED) is 0.894. The van der Waals surface area contributed by atoms with Gasteiger partial charge in [-0.05, 0) is 18.1 Å². The molecule has 2 aromatic rings. The Hall–Kier alpha value is -2.37. The molecule has 0 unspecified atom stereocenters. The van der Waals surface area contributed by atoms with Crippen molar-refractivity contribution in [1.82, 2.24) is 15.0 Å². The average Bonchev–Trinajstić information content (AvgIpc) is 2.40. The minimum atomic E-state index is 0.151. The molecule has 0 aliphatic heterocycles. The Kier molecular flexibility index (Phi) is 3.79. The number of nitrogens with two attached hydrogens (primary N) is 1. The molecule has 19 heavy (non-hydrogen) atoms. The number of methoxy groups -OCH3 is 1. The number of ether oxygens (including phenoxy) is 1. The SMILES string of the molecule is COc1nc(N)nc(N(C)Cc2ccccc2C)n1. The third-order valence-electron chi connectivity index (χ3n) is 2.81. The highest BCUT2D eigenvalue weighted by Crippen LogP contribution is 2.16. The van der Waals surface area contributed by atoms with E-state index in [2.05, 4.69) is 34.0 Å². The van der Waals surface area contributed by atoms with Crippen molar-refractivity contribution in [2.45, 2.75) is 13.5 Å². The second kappa shape index (κ2) is 5.51. The maximum Gasteiger partial charge on any atom is 0.322 e. The summed E-state index contributed by atoms with van der Waals surface area (Å²) in [4.78, 5) is 14.1. The number of anilines is 2. The monoisotopic (exact) mass is 259 g/mol. The van der Waals surface area contributed by atoms with Crippen LogP contribution in [0.4, 0.5) is 11.9 Å². The number of benzene rings is 1. The molecule has 0 aliphatic carbocycles. The van der Waals surface area contributed by atoms with E-state index in [1.165, 1.54) is 18.2 Å². The molecule has 0 radical (unpaired) electrons. The fourth-order valence-corrected chi connectivity index (χ4v) is 1.74. The Balaban J connectivity index is 2.22. The third kappa shape index (κ3) is 3.09. The molecule has 2 rings (SSSR count). The van der Waals surface area contributed by atoms with Crippen LogP contribution in [0.15, 0.2) is 24.3 Å². The first-order valence-electron chi connectivity index (χ1n) is 5.91. The molecule has 0 amide bonds. The van der Waals surface area contributed by atoms with Gasteiger partial charge in [-0.1, -0.05) is 24.3 Å². The van der Waals surface area contributed by atoms with Crippen LogP contribution in [0.5, 0.6) is 6.01 Å². The molecule has 2 N–H and O–H groups in total. The van der Waals surface area contributed by atoms with Gasteiger partial charge in [-0.2, -0.15) is 15.0 Å². The van der Waals surface area contributed by atoms with Gasteiger partial charge < -0.3 is 15.4 Å². The van der Waals surface area contributed by atoms with E-state index < -0.39 is 0 Å². The number of hydrogen-bond acceptors (Lipinski definition) is 6. The first-order valence-corrected chi connectivity index (χ1v) is 5.91. The standard InChI is InChI=1S/C13H17N5O/c1-9-6-4-5-7-10(9)8-18(2)12-15-11(14)16-13(17-12)19-3/h4-7H,8H2,1-3H3,(H2,14,15,16,17). The molecule has 100 valence electrons. The zero-order chi connectivity index (χ0) is 13.8. The lowest BCUT2D eigenvalue weighted by Crippen LogP contribution is -2.21. The molecule has 1 aromatic carbocycles. The fourth-order valence-electron chi connectivity index (χ4n) is 1.74. The maximum atomic E-state index is 5.63. The molecule has 6 heteroatoms. The summed E-state index contributed by atoms with van der Waals surface area (Å²) in [7, 11) is 3.40. The molecular weight excluding hydrogens is 242 g/mol. The molecule has 1 aromatic heterocycles. The van der Waals surface area contributed by atoms with Crippen molar-refractivity contribution in [2.24, 2.45) is 0 Å². The van der Waals surface area contributed by atoms with Crippen molar-refractivity contribution >= 4 is 11.9 Å². The molecule has 6 nitrogen and oxygen atoms in total. The lowest BCUT2D eigenvalue weighted by atomic mass is 10.1. The summed E-state index contributed by atoms with van der Waals surface area (Å²) in [6.45, 7) is 2.77. The minimum Gasteiger partial charge on any atom is -0.467 e. The summed E-state index contributed by atoms with van der Waals surface area (Å²) in [6.07, 6.45) is 0. The molecule has 0 spiro atoms. The van der Waals surface area contributed by atoms with Crippen LogP contribution in [0.1, 0.15) is 11.1 Å². The largest absolute Gasteiger partial charge is 0.467 e. The van der Waals surface area contributed by atoms with E-state index in [0.717, 1.165) is 0 Å². The maximum absolute atomic E-state index is 5.63. The summed E-state index contributed by atoms with van der Waals surface area (Å²) in [6, 6.07) is 8.40. The molecule has 0 bridgehead atoms. The first-order chi connectivity index (χ1) is 9.10. The summed E-state index contributed by atoms with van der Waals surface area (Å²) < 4.78 is 4.99. The van der Waals surface area contributed by atoms with Gasteiger partial charge in [-0.25, -0.2) is 0 Å². The predicted molar refractivity (Wildman–Crippen MR) is 74.1 cm³/mol. The first kappa shape index (κ1) is 13.1. The molecule has 0 saturated carbocycles. The van der Waals surface area contributed by atoms with Crippen LogP contribution in [-0.4, -0.2) is 29.1 Å². The minimum absolute atomic E-state index is 0.151. The Bertz CT molecular complexity index is 573. The van der Waals surface area contributed by atoms with Crippen molar-refractivity contribution in [3.63, 3.8) is 0 Å². The van der Waals surface area contributed by atoms with Crippen LogP contribution in [0.3, 0.4) is 0 Å². The Labute approximate surface area is 112 Å². The highest BCUT2D eigenvalue weighted by atomic mass is 16.5. The second-order valence-corrected chi connectivity index (χ2v) is 4.26. The van der Waals surface area contributed by atoms with Crippen LogP contribution in [0.2, 0.25) is 0 Å². The summed E-state index contributed by atoms with van der Waals surface area (Å²) in [5.74, 6) is 0.645. The van der Waals surface area contributed by atoms with Gasteiger partial charge in [0.1, 0.15) is 0 Å². The van der Waals surface area contributed by atoms with E-state index in [0.29, 0.717) is 12.5 Å². The lowest BCUT2D eigenvalue weighted by Gasteiger charge is -2.18. The molecule has 0 fully saturated rings. The van der Waals surface area contributed by atoms with Crippen LogP contribution in [-0.2, 0) is 6.54 Å². The number of aryl methyl sites for hydroxylation is 1. The van der Waals surface area contributed by atoms with E-state index in [4.69, 9.17) is 10.5 Å². The van der Waals surface area contributed by atoms with Gasteiger partial charge >= 0.3 is 6.01 Å². The van der Waals surface area contributed by atoms with Crippen LogP contribution in [0, 0.1) is 6.92 Å². The van der Waals surface area contributed by atoms with E-state index in [9.17, 15) is 0 Å². The lowest BCUT2D eigenvalue weighted by molar-refractivity contribution is 0.379. The Morgan fingerprint density at radius 3 is 2.63 bits per heavy atom. The number of nitrogens with zero attached hydrogens (tertiary/aromatic N) is 4. The Morgan fingerprint density at radius 1 is 1.21 bits per heavy atom. The normalized spacial score (nSPS) is 10.3. The predicted octanol–water partition coefficient (Wildman–Crippen LogP) is 1.41. The van der Waals surface area contributed by atoms with Gasteiger partial charge in [0.05, 0.1) is 7.11 Å². The highest BCUT2D eigenvalue weighted by molar-refractivity contribution is 5.37. The van der Waals surface area contributed by atoms with Gasteiger partial charge in [0.15, 0.2) is 0 Å². The van der Waals surface area contributed by atoms with E-state index >= 15 is 0 Å². The zero-order valence-electron chi connectivity index (χ0n) is 11.3. The van der Waals surface area contributed by atoms with Crippen LogP contribution in [0.25, 0.3) is 0 Å². The van der Waals surface area contributed by atoms with Gasteiger partial charge in [0, 0.05) is 13.6 Å².